The normalized spacial score (nSPS) is 12.2. The highest BCUT2D eigenvalue weighted by Gasteiger charge is 2.12. The average Bonchev–Trinajstić information content (AvgIpc) is 3.05. The van der Waals surface area contributed by atoms with Gasteiger partial charge in [-0.3, -0.25) is 0 Å². The first-order valence-corrected chi connectivity index (χ1v) is 7.37. The lowest BCUT2D eigenvalue weighted by molar-refractivity contribution is 0.235. The van der Waals surface area contributed by atoms with E-state index in [1.54, 1.807) is 17.4 Å². The molecule has 1 atom stereocenters. The topological polar surface area (TPSA) is 80.0 Å². The van der Waals surface area contributed by atoms with Crippen LogP contribution in [0.3, 0.4) is 0 Å². The molecule has 0 aliphatic carbocycles. The fraction of sp³-hybridized carbons (Fsp3) is 0.462. The number of nitrogens with one attached hydrogen (secondary N) is 2. The zero-order chi connectivity index (χ0) is 14.5. The molecule has 2 heterocycles. The summed E-state index contributed by atoms with van der Waals surface area (Å²) in [4.78, 5) is 16.2. The van der Waals surface area contributed by atoms with Crippen molar-refractivity contribution in [1.82, 2.24) is 20.8 Å². The van der Waals surface area contributed by atoms with Crippen molar-refractivity contribution in [2.24, 2.45) is 0 Å². The van der Waals surface area contributed by atoms with Crippen LogP contribution in [0.1, 0.15) is 42.0 Å². The van der Waals surface area contributed by atoms with E-state index in [4.69, 9.17) is 4.52 Å². The number of carbonyl (C=O) groups excluding carboxylic acids is 1. The molecule has 0 bridgehead atoms. The van der Waals surface area contributed by atoms with Crippen LogP contribution in [0.2, 0.25) is 0 Å². The van der Waals surface area contributed by atoms with Crippen molar-refractivity contribution in [3.63, 3.8) is 0 Å². The van der Waals surface area contributed by atoms with E-state index in [0.29, 0.717) is 12.3 Å². The van der Waals surface area contributed by atoms with E-state index in [0.717, 1.165) is 22.8 Å². The molecular weight excluding hydrogens is 276 g/mol. The van der Waals surface area contributed by atoms with Gasteiger partial charge in [0.15, 0.2) is 5.76 Å². The van der Waals surface area contributed by atoms with Gasteiger partial charge in [0, 0.05) is 11.4 Å². The van der Waals surface area contributed by atoms with E-state index in [2.05, 4.69) is 27.7 Å². The van der Waals surface area contributed by atoms with Crippen LogP contribution in [0.4, 0.5) is 4.79 Å². The first-order valence-electron chi connectivity index (χ1n) is 6.49. The largest absolute Gasteiger partial charge is 0.359 e. The second kappa shape index (κ2) is 6.51. The third-order valence-electron chi connectivity index (χ3n) is 2.76. The van der Waals surface area contributed by atoms with Crippen LogP contribution in [-0.2, 0) is 13.0 Å². The van der Waals surface area contributed by atoms with E-state index < -0.39 is 0 Å². The van der Waals surface area contributed by atoms with E-state index >= 15 is 0 Å². The van der Waals surface area contributed by atoms with Crippen molar-refractivity contribution in [3.8, 4) is 0 Å². The van der Waals surface area contributed by atoms with E-state index in [1.807, 2.05) is 19.2 Å². The second-order valence-electron chi connectivity index (χ2n) is 4.50. The fourth-order valence-electron chi connectivity index (χ4n) is 1.67. The van der Waals surface area contributed by atoms with E-state index in [1.165, 1.54) is 0 Å². The molecule has 20 heavy (non-hydrogen) atoms. The summed E-state index contributed by atoms with van der Waals surface area (Å²) in [5, 5.41) is 12.4. The predicted octanol–water partition coefficient (Wildman–Crippen LogP) is 2.56. The van der Waals surface area contributed by atoms with E-state index in [-0.39, 0.29) is 12.1 Å². The quantitative estimate of drug-likeness (QED) is 0.888. The Hall–Kier alpha value is -1.89. The minimum absolute atomic E-state index is 0.122. The summed E-state index contributed by atoms with van der Waals surface area (Å²) in [6.45, 7) is 6.12. The summed E-state index contributed by atoms with van der Waals surface area (Å²) in [5.41, 5.74) is 1.68. The smallest absolute Gasteiger partial charge is 0.315 e. The minimum Gasteiger partial charge on any atom is -0.359 e. The average molecular weight is 294 g/mol. The lowest BCUT2D eigenvalue weighted by atomic mass is 10.2. The van der Waals surface area contributed by atoms with Gasteiger partial charge in [0.25, 0.3) is 0 Å². The van der Waals surface area contributed by atoms with Crippen molar-refractivity contribution >= 4 is 17.4 Å². The molecule has 6 nitrogen and oxygen atoms in total. The van der Waals surface area contributed by atoms with Crippen molar-refractivity contribution in [3.05, 3.63) is 33.6 Å². The number of urea groups is 1. The van der Waals surface area contributed by atoms with Gasteiger partial charge >= 0.3 is 6.03 Å². The van der Waals surface area contributed by atoms with Gasteiger partial charge in [-0.05, 0) is 20.3 Å². The summed E-state index contributed by atoms with van der Waals surface area (Å²) < 4.78 is 5.02. The molecule has 2 aromatic rings. The molecule has 0 aromatic carbocycles. The van der Waals surface area contributed by atoms with Crippen LogP contribution in [0.25, 0.3) is 0 Å². The lowest BCUT2D eigenvalue weighted by Crippen LogP contribution is -2.36. The monoisotopic (exact) mass is 294 g/mol. The zero-order valence-electron chi connectivity index (χ0n) is 11.8. The third kappa shape index (κ3) is 3.80. The Kier molecular flexibility index (Phi) is 4.73. The standard InChI is InChI=1S/C13H18N4O2S/c1-4-12-16-11(7-20-12)9(3)15-13(18)14-6-10-5-8(2)17-19-10/h5,7,9H,4,6H2,1-3H3,(H2,14,15,18)/t9-/m0/s1. The number of hydrogen-bond acceptors (Lipinski definition) is 5. The molecule has 0 spiro atoms. The molecule has 0 aliphatic rings. The Balaban J connectivity index is 1.81. The Labute approximate surface area is 121 Å². The zero-order valence-corrected chi connectivity index (χ0v) is 12.6. The van der Waals surface area contributed by atoms with Crippen molar-refractivity contribution in [2.45, 2.75) is 39.8 Å². The molecule has 0 fully saturated rings. The molecule has 2 N–H and O–H groups in total. The van der Waals surface area contributed by atoms with Gasteiger partial charge < -0.3 is 15.2 Å². The third-order valence-corrected chi connectivity index (χ3v) is 3.77. The first-order chi connectivity index (χ1) is 9.58. The number of aromatic nitrogens is 2. The maximum absolute atomic E-state index is 11.8. The highest BCUT2D eigenvalue weighted by molar-refractivity contribution is 7.09. The summed E-state index contributed by atoms with van der Waals surface area (Å²) >= 11 is 1.61. The Morgan fingerprint density at radius 2 is 2.35 bits per heavy atom. The summed E-state index contributed by atoms with van der Waals surface area (Å²) in [6, 6.07) is 1.41. The lowest BCUT2D eigenvalue weighted by Gasteiger charge is -2.11. The van der Waals surface area contributed by atoms with Crippen LogP contribution >= 0.6 is 11.3 Å². The van der Waals surface area contributed by atoms with Gasteiger partial charge in [-0.15, -0.1) is 11.3 Å². The molecule has 2 amide bonds. The maximum atomic E-state index is 11.8. The number of amides is 2. The van der Waals surface area contributed by atoms with Crippen molar-refractivity contribution < 1.29 is 9.32 Å². The summed E-state index contributed by atoms with van der Waals surface area (Å²) in [5.74, 6) is 0.632. The van der Waals surface area contributed by atoms with Crippen LogP contribution in [-0.4, -0.2) is 16.2 Å². The summed E-state index contributed by atoms with van der Waals surface area (Å²) in [6.07, 6.45) is 0.911. The first kappa shape index (κ1) is 14.5. The SMILES string of the molecule is CCc1nc([C@H](C)NC(=O)NCc2cc(C)no2)cs1. The Morgan fingerprint density at radius 1 is 1.55 bits per heavy atom. The molecule has 2 aromatic heterocycles. The highest BCUT2D eigenvalue weighted by Crippen LogP contribution is 2.16. The molecule has 0 radical (unpaired) electrons. The van der Waals surface area contributed by atoms with Gasteiger partial charge in [0.05, 0.1) is 29.0 Å². The number of nitrogens with zero attached hydrogens (tertiary/aromatic N) is 2. The number of thiazole rings is 1. The van der Waals surface area contributed by atoms with Crippen molar-refractivity contribution in [1.29, 1.82) is 0 Å². The molecule has 7 heteroatoms. The van der Waals surface area contributed by atoms with Gasteiger partial charge in [0.1, 0.15) is 0 Å². The Bertz CT molecular complexity index is 578. The maximum Gasteiger partial charge on any atom is 0.315 e. The van der Waals surface area contributed by atoms with Gasteiger partial charge in [-0.1, -0.05) is 12.1 Å². The number of aryl methyl sites for hydroxylation is 2. The predicted molar refractivity (Wildman–Crippen MR) is 76.5 cm³/mol. The Morgan fingerprint density at radius 3 is 2.95 bits per heavy atom. The molecule has 0 unspecified atom stereocenters. The van der Waals surface area contributed by atoms with Crippen LogP contribution in [0, 0.1) is 6.92 Å². The summed E-state index contributed by atoms with van der Waals surface area (Å²) in [7, 11) is 0. The number of rotatable bonds is 5. The van der Waals surface area contributed by atoms with Gasteiger partial charge in [-0.2, -0.15) is 0 Å². The fourth-order valence-corrected chi connectivity index (χ4v) is 2.51. The molecule has 0 saturated carbocycles. The van der Waals surface area contributed by atoms with Gasteiger partial charge in [0.2, 0.25) is 0 Å². The van der Waals surface area contributed by atoms with E-state index in [9.17, 15) is 4.79 Å². The van der Waals surface area contributed by atoms with Crippen LogP contribution < -0.4 is 10.6 Å². The van der Waals surface area contributed by atoms with Crippen LogP contribution in [0.5, 0.6) is 0 Å². The molecule has 0 saturated heterocycles. The minimum atomic E-state index is -0.252. The number of hydrogen-bond donors (Lipinski definition) is 2. The molecular formula is C13H18N4O2S. The molecule has 108 valence electrons. The second-order valence-corrected chi connectivity index (χ2v) is 5.45. The van der Waals surface area contributed by atoms with Crippen LogP contribution in [0.15, 0.2) is 16.0 Å². The molecule has 2 rings (SSSR count). The number of carbonyl (C=O) groups is 1. The molecule has 0 aliphatic heterocycles. The van der Waals surface area contributed by atoms with Gasteiger partial charge in [-0.25, -0.2) is 9.78 Å². The highest BCUT2D eigenvalue weighted by atomic mass is 32.1. The van der Waals surface area contributed by atoms with Crippen molar-refractivity contribution in [2.75, 3.05) is 0 Å².